The van der Waals surface area contributed by atoms with Crippen LogP contribution in [-0.2, 0) is 11.2 Å². The number of nitrogens with two attached hydrogens (primary N) is 1. The fourth-order valence-electron chi connectivity index (χ4n) is 1.86. The number of carbonyl (C=O) groups excluding carboxylic acids is 1. The predicted molar refractivity (Wildman–Crippen MR) is 63.3 cm³/mol. The van der Waals surface area contributed by atoms with Crippen LogP contribution in [0.15, 0.2) is 12.1 Å². The van der Waals surface area contributed by atoms with Crippen molar-refractivity contribution >= 4 is 24.0 Å². The number of anilines is 1. The molecule has 0 unspecified atom stereocenters. The van der Waals surface area contributed by atoms with Gasteiger partial charge in [-0.15, -0.1) is 12.4 Å². The number of rotatable bonds is 1. The lowest BCUT2D eigenvalue weighted by molar-refractivity contribution is -0.119. The van der Waals surface area contributed by atoms with Crippen LogP contribution in [0, 0.1) is 11.6 Å². The topological polar surface area (TPSA) is 46.3 Å². The summed E-state index contributed by atoms with van der Waals surface area (Å²) < 4.78 is 26.0. The number of hydrogen-bond acceptors (Lipinski definition) is 2. The van der Waals surface area contributed by atoms with E-state index in [1.165, 1.54) is 4.90 Å². The first-order chi connectivity index (χ1) is 7.50. The maximum absolute atomic E-state index is 13.1. The van der Waals surface area contributed by atoms with Crippen LogP contribution in [0.3, 0.4) is 0 Å². The van der Waals surface area contributed by atoms with Crippen molar-refractivity contribution < 1.29 is 13.6 Å². The van der Waals surface area contributed by atoms with Gasteiger partial charge in [-0.2, -0.15) is 0 Å². The molecule has 1 aliphatic heterocycles. The van der Waals surface area contributed by atoms with E-state index < -0.39 is 17.7 Å². The van der Waals surface area contributed by atoms with Crippen LogP contribution < -0.4 is 10.6 Å². The summed E-state index contributed by atoms with van der Waals surface area (Å²) in [5.41, 5.74) is 6.56. The van der Waals surface area contributed by atoms with Gasteiger partial charge in [-0.05, 0) is 25.0 Å². The van der Waals surface area contributed by atoms with E-state index in [9.17, 15) is 13.6 Å². The van der Waals surface area contributed by atoms with E-state index in [1.54, 1.807) is 6.92 Å². The molecule has 6 heteroatoms. The second kappa shape index (κ2) is 4.98. The van der Waals surface area contributed by atoms with Gasteiger partial charge < -0.3 is 10.6 Å². The molecule has 0 spiro atoms. The molecule has 1 amide bonds. The van der Waals surface area contributed by atoms with Crippen LogP contribution in [0.2, 0.25) is 0 Å². The molecule has 2 rings (SSSR count). The largest absolute Gasteiger partial charge is 0.320 e. The number of amides is 1. The monoisotopic (exact) mass is 262 g/mol. The zero-order valence-corrected chi connectivity index (χ0v) is 10.1. The summed E-state index contributed by atoms with van der Waals surface area (Å²) in [6.45, 7) is 2.00. The van der Waals surface area contributed by atoms with Crippen molar-refractivity contribution in [2.24, 2.45) is 5.73 Å². The molecule has 0 saturated carbocycles. The Morgan fingerprint density at radius 3 is 2.59 bits per heavy atom. The van der Waals surface area contributed by atoms with Crippen molar-refractivity contribution in [2.75, 3.05) is 11.4 Å². The molecule has 1 aromatic carbocycles. The lowest BCUT2D eigenvalue weighted by Crippen LogP contribution is -2.41. The van der Waals surface area contributed by atoms with Gasteiger partial charge in [-0.25, -0.2) is 8.78 Å². The Labute approximate surface area is 104 Å². The molecule has 0 bridgehead atoms. The fourth-order valence-corrected chi connectivity index (χ4v) is 1.86. The zero-order chi connectivity index (χ0) is 11.9. The van der Waals surface area contributed by atoms with Gasteiger partial charge in [0.15, 0.2) is 11.6 Å². The summed E-state index contributed by atoms with van der Waals surface area (Å²) in [7, 11) is 0. The molecule has 3 nitrogen and oxygen atoms in total. The molecule has 1 heterocycles. The first-order valence-electron chi connectivity index (χ1n) is 5.05. The van der Waals surface area contributed by atoms with Crippen LogP contribution in [-0.4, -0.2) is 18.5 Å². The van der Waals surface area contributed by atoms with Gasteiger partial charge in [0.25, 0.3) is 0 Å². The van der Waals surface area contributed by atoms with E-state index in [4.69, 9.17) is 5.73 Å². The van der Waals surface area contributed by atoms with Crippen molar-refractivity contribution in [3.05, 3.63) is 29.3 Å². The Morgan fingerprint density at radius 2 is 2.00 bits per heavy atom. The molecule has 0 aliphatic carbocycles. The molecule has 1 aromatic rings. The van der Waals surface area contributed by atoms with Crippen molar-refractivity contribution in [1.82, 2.24) is 0 Å². The quantitative estimate of drug-likeness (QED) is 0.836. The van der Waals surface area contributed by atoms with Crippen LogP contribution in [0.25, 0.3) is 0 Å². The first-order valence-corrected chi connectivity index (χ1v) is 5.05. The minimum atomic E-state index is -0.942. The van der Waals surface area contributed by atoms with E-state index in [1.807, 2.05) is 0 Å². The van der Waals surface area contributed by atoms with Gasteiger partial charge in [0.1, 0.15) is 0 Å². The van der Waals surface area contributed by atoms with Crippen molar-refractivity contribution in [3.63, 3.8) is 0 Å². The molecule has 2 N–H and O–H groups in total. The lowest BCUT2D eigenvalue weighted by Gasteiger charge is -2.19. The Bertz CT molecular complexity index is 451. The van der Waals surface area contributed by atoms with Gasteiger partial charge >= 0.3 is 0 Å². The smallest absolute Gasteiger partial charge is 0.243 e. The number of nitrogens with zero attached hydrogens (tertiary/aromatic N) is 1. The molecular formula is C11H13ClF2N2O. The maximum Gasteiger partial charge on any atom is 0.243 e. The fraction of sp³-hybridized carbons (Fsp3) is 0.364. The summed E-state index contributed by atoms with van der Waals surface area (Å²) in [6, 6.07) is 1.55. The van der Waals surface area contributed by atoms with Gasteiger partial charge in [-0.3, -0.25) is 4.79 Å². The number of carbonyl (C=O) groups is 1. The Hall–Kier alpha value is -1.20. The summed E-state index contributed by atoms with van der Waals surface area (Å²) >= 11 is 0. The minimum absolute atomic E-state index is 0. The van der Waals surface area contributed by atoms with Crippen LogP contribution >= 0.6 is 12.4 Å². The van der Waals surface area contributed by atoms with Gasteiger partial charge in [0.05, 0.1) is 11.7 Å². The van der Waals surface area contributed by atoms with E-state index in [2.05, 4.69) is 0 Å². The highest BCUT2D eigenvalue weighted by Crippen LogP contribution is 2.30. The van der Waals surface area contributed by atoms with Crippen LogP contribution in [0.1, 0.15) is 12.5 Å². The highest BCUT2D eigenvalue weighted by Gasteiger charge is 2.27. The Morgan fingerprint density at radius 1 is 1.41 bits per heavy atom. The second-order valence-corrected chi connectivity index (χ2v) is 3.92. The average Bonchev–Trinajstić information content (AvgIpc) is 2.60. The van der Waals surface area contributed by atoms with Crippen molar-refractivity contribution in [3.8, 4) is 0 Å². The molecular weight excluding hydrogens is 250 g/mol. The molecule has 0 radical (unpaired) electrons. The predicted octanol–water partition coefficient (Wildman–Crippen LogP) is 1.62. The summed E-state index contributed by atoms with van der Waals surface area (Å²) in [5, 5.41) is 0. The van der Waals surface area contributed by atoms with E-state index in [0.29, 0.717) is 24.2 Å². The molecule has 0 aromatic heterocycles. The zero-order valence-electron chi connectivity index (χ0n) is 9.24. The molecule has 0 saturated heterocycles. The summed E-state index contributed by atoms with van der Waals surface area (Å²) in [4.78, 5) is 13.1. The third-order valence-corrected chi connectivity index (χ3v) is 2.67. The molecule has 94 valence electrons. The molecule has 0 fully saturated rings. The van der Waals surface area contributed by atoms with Gasteiger partial charge in [0.2, 0.25) is 5.91 Å². The summed E-state index contributed by atoms with van der Waals surface area (Å²) in [6.07, 6.45) is 0.533. The van der Waals surface area contributed by atoms with E-state index in [-0.39, 0.29) is 18.3 Å². The first kappa shape index (κ1) is 13.9. The summed E-state index contributed by atoms with van der Waals surface area (Å²) in [5.74, 6) is -2.10. The number of halogens is 3. The van der Waals surface area contributed by atoms with Crippen molar-refractivity contribution in [2.45, 2.75) is 19.4 Å². The van der Waals surface area contributed by atoms with Crippen LogP contribution in [0.4, 0.5) is 14.5 Å². The standard InChI is InChI=1S/C11H12F2N2O.ClH/c1-6(14)11(16)15-3-2-7-4-8(12)9(13)5-10(7)15;/h4-6H,2-3,14H2,1H3;1H/t6-;/m1./s1. The number of fused-ring (bicyclic) bond motifs is 1. The highest BCUT2D eigenvalue weighted by atomic mass is 35.5. The van der Waals surface area contributed by atoms with E-state index in [0.717, 1.165) is 12.1 Å². The van der Waals surface area contributed by atoms with E-state index >= 15 is 0 Å². The van der Waals surface area contributed by atoms with Crippen LogP contribution in [0.5, 0.6) is 0 Å². The highest BCUT2D eigenvalue weighted by molar-refractivity contribution is 5.98. The Balaban J connectivity index is 0.00000144. The molecule has 17 heavy (non-hydrogen) atoms. The number of benzene rings is 1. The minimum Gasteiger partial charge on any atom is -0.320 e. The normalized spacial score (nSPS) is 15.2. The third-order valence-electron chi connectivity index (χ3n) is 2.67. The Kier molecular flexibility index (Phi) is 4.06. The molecule has 1 aliphatic rings. The average molecular weight is 263 g/mol. The van der Waals surface area contributed by atoms with Gasteiger partial charge in [0, 0.05) is 12.6 Å². The second-order valence-electron chi connectivity index (χ2n) is 3.92. The maximum atomic E-state index is 13.1. The molecule has 1 atom stereocenters. The van der Waals surface area contributed by atoms with Crippen molar-refractivity contribution in [1.29, 1.82) is 0 Å². The van der Waals surface area contributed by atoms with Gasteiger partial charge in [-0.1, -0.05) is 0 Å². The third kappa shape index (κ3) is 2.40. The lowest BCUT2D eigenvalue weighted by atomic mass is 10.1. The number of hydrogen-bond donors (Lipinski definition) is 1. The SMILES string of the molecule is C[C@@H](N)C(=O)N1CCc2cc(F)c(F)cc21.Cl.